The molecule has 5 aliphatic rings. The first-order valence-electron chi connectivity index (χ1n) is 13.0. The van der Waals surface area contributed by atoms with Crippen LogP contribution in [0, 0.1) is 17.8 Å². The molecule has 5 fully saturated rings. The van der Waals surface area contributed by atoms with Gasteiger partial charge in [-0.05, 0) is 101 Å². The summed E-state index contributed by atoms with van der Waals surface area (Å²) in [4.78, 5) is 15.5. The third-order valence-electron chi connectivity index (χ3n) is 8.80. The summed E-state index contributed by atoms with van der Waals surface area (Å²) < 4.78 is 33.7. The fourth-order valence-corrected chi connectivity index (χ4v) is 9.09. The zero-order valence-electron chi connectivity index (χ0n) is 21.0. The Hall–Kier alpha value is -1.84. The van der Waals surface area contributed by atoms with Gasteiger partial charge < -0.3 is 20.1 Å². The van der Waals surface area contributed by atoms with Crippen molar-refractivity contribution in [3.63, 3.8) is 0 Å². The third kappa shape index (κ3) is 4.67. The first kappa shape index (κ1) is 24.8. The predicted molar refractivity (Wildman–Crippen MR) is 133 cm³/mol. The molecule has 8 nitrogen and oxygen atoms in total. The van der Waals surface area contributed by atoms with E-state index in [0.717, 1.165) is 44.9 Å². The van der Waals surface area contributed by atoms with Crippen molar-refractivity contribution in [2.24, 2.45) is 17.8 Å². The van der Waals surface area contributed by atoms with E-state index in [1.54, 1.807) is 31.4 Å². The number of nitrogens with zero attached hydrogens (tertiary/aromatic N) is 2. The maximum atomic E-state index is 13.5. The lowest BCUT2D eigenvalue weighted by Gasteiger charge is -2.58. The number of rotatable bonds is 7. The maximum absolute atomic E-state index is 13.5. The van der Waals surface area contributed by atoms with Gasteiger partial charge in [0.2, 0.25) is 10.0 Å². The van der Waals surface area contributed by atoms with Gasteiger partial charge in [-0.2, -0.15) is 4.31 Å². The number of hydrogen-bond acceptors (Lipinski definition) is 5. The molecule has 35 heavy (non-hydrogen) atoms. The summed E-state index contributed by atoms with van der Waals surface area (Å²) in [6.45, 7) is 4.66. The molecule has 4 bridgehead atoms. The van der Waals surface area contributed by atoms with E-state index < -0.39 is 15.6 Å². The topological polar surface area (TPSA) is 99.2 Å². The van der Waals surface area contributed by atoms with Crippen LogP contribution in [-0.4, -0.2) is 72.7 Å². The summed E-state index contributed by atoms with van der Waals surface area (Å²) in [5.41, 5.74) is -0.526. The number of nitrogens with one attached hydrogen (secondary N) is 1. The van der Waals surface area contributed by atoms with E-state index in [1.807, 2.05) is 18.7 Å². The zero-order valence-corrected chi connectivity index (χ0v) is 21.8. The van der Waals surface area contributed by atoms with Crippen LogP contribution in [0.3, 0.4) is 0 Å². The van der Waals surface area contributed by atoms with Gasteiger partial charge in [-0.3, -0.25) is 0 Å². The lowest BCUT2D eigenvalue weighted by molar-refractivity contribution is -0.137. The van der Waals surface area contributed by atoms with Crippen molar-refractivity contribution in [2.45, 2.75) is 87.4 Å². The van der Waals surface area contributed by atoms with Crippen LogP contribution in [0.2, 0.25) is 0 Å². The molecule has 0 radical (unpaired) electrons. The highest BCUT2D eigenvalue weighted by molar-refractivity contribution is 7.89. The lowest BCUT2D eigenvalue weighted by atomic mass is 9.52. The first-order valence-corrected chi connectivity index (χ1v) is 14.5. The maximum Gasteiger partial charge on any atom is 0.317 e. The van der Waals surface area contributed by atoms with Crippen LogP contribution < -0.4 is 10.1 Å². The first-order chi connectivity index (χ1) is 16.6. The van der Waals surface area contributed by atoms with E-state index in [9.17, 15) is 18.3 Å². The van der Waals surface area contributed by atoms with Gasteiger partial charge in [-0.1, -0.05) is 0 Å². The number of aliphatic hydroxyl groups is 1. The van der Waals surface area contributed by atoms with Crippen LogP contribution in [0.1, 0.15) is 58.8 Å². The van der Waals surface area contributed by atoms with Gasteiger partial charge in [0.05, 0.1) is 17.6 Å². The van der Waals surface area contributed by atoms with Crippen molar-refractivity contribution in [1.29, 1.82) is 0 Å². The molecule has 2 amide bonds. The second kappa shape index (κ2) is 9.23. The molecule has 1 heterocycles. The molecule has 9 heteroatoms. The number of likely N-dealkylation sites (tertiary alicyclic amines) is 1. The second-order valence-corrected chi connectivity index (χ2v) is 13.4. The molecule has 4 saturated carbocycles. The van der Waals surface area contributed by atoms with E-state index in [0.29, 0.717) is 30.0 Å². The number of urea groups is 1. The molecule has 6 rings (SSSR count). The number of sulfonamides is 1. The summed E-state index contributed by atoms with van der Waals surface area (Å²) in [5.74, 6) is 1.89. The van der Waals surface area contributed by atoms with Crippen molar-refractivity contribution in [2.75, 3.05) is 20.2 Å². The van der Waals surface area contributed by atoms with Crippen molar-refractivity contribution in [3.8, 4) is 5.75 Å². The van der Waals surface area contributed by atoms with E-state index >= 15 is 0 Å². The molecule has 2 N–H and O–H groups in total. The summed E-state index contributed by atoms with van der Waals surface area (Å²) in [6, 6.07) is 6.09. The number of benzene rings is 1. The Morgan fingerprint density at radius 2 is 1.86 bits per heavy atom. The van der Waals surface area contributed by atoms with Crippen molar-refractivity contribution in [1.82, 2.24) is 14.5 Å². The van der Waals surface area contributed by atoms with Gasteiger partial charge in [0.1, 0.15) is 5.75 Å². The Balaban J connectivity index is 1.28. The standard InChI is InChI=1S/C26H39N3O5S/c1-17(2)29(35(32,33)23-8-6-22(34-3)7-9-23)16-21-5-4-10-28(21)25(30)27-24-19-11-18-12-20(24)15-26(31,13-18)14-19/h6-9,17-21,24,31H,4-5,10-16H2,1-3H3,(H,27,30)/t18?,19?,20?,21-,24?,26?/m1/s1. The average Bonchev–Trinajstić information content (AvgIpc) is 3.27. The van der Waals surface area contributed by atoms with Gasteiger partial charge in [0.25, 0.3) is 0 Å². The molecule has 0 aromatic heterocycles. The smallest absolute Gasteiger partial charge is 0.317 e. The van der Waals surface area contributed by atoms with Crippen LogP contribution >= 0.6 is 0 Å². The largest absolute Gasteiger partial charge is 0.497 e. The summed E-state index contributed by atoms with van der Waals surface area (Å²) in [5, 5.41) is 14.2. The summed E-state index contributed by atoms with van der Waals surface area (Å²) >= 11 is 0. The van der Waals surface area contributed by atoms with Gasteiger partial charge in [0.15, 0.2) is 0 Å². The van der Waals surface area contributed by atoms with Crippen LogP contribution in [0.4, 0.5) is 4.79 Å². The van der Waals surface area contributed by atoms with Gasteiger partial charge in [0, 0.05) is 31.2 Å². The van der Waals surface area contributed by atoms with Crippen molar-refractivity contribution in [3.05, 3.63) is 24.3 Å². The minimum atomic E-state index is -3.72. The SMILES string of the molecule is COc1ccc(S(=O)(=O)N(C[C@H]2CCCN2C(=O)NC2C3CC4CC2CC(O)(C4)C3)C(C)C)cc1. The van der Waals surface area contributed by atoms with Gasteiger partial charge >= 0.3 is 6.03 Å². The highest BCUT2D eigenvalue weighted by atomic mass is 32.2. The molecule has 194 valence electrons. The molecular formula is C26H39N3O5S. The molecule has 1 saturated heterocycles. The Kier molecular flexibility index (Phi) is 6.55. The van der Waals surface area contributed by atoms with E-state index in [1.165, 1.54) is 4.31 Å². The third-order valence-corrected chi connectivity index (χ3v) is 10.9. The van der Waals surface area contributed by atoms with Gasteiger partial charge in [-0.15, -0.1) is 0 Å². The minimum absolute atomic E-state index is 0.0810. The second-order valence-electron chi connectivity index (χ2n) is 11.5. The molecule has 1 aromatic carbocycles. The van der Waals surface area contributed by atoms with Crippen molar-refractivity contribution >= 4 is 16.1 Å². The Bertz CT molecular complexity index is 1030. The number of ether oxygens (including phenoxy) is 1. The van der Waals surface area contributed by atoms with Gasteiger partial charge in [-0.25, -0.2) is 13.2 Å². The molecule has 2 unspecified atom stereocenters. The molecule has 3 atom stereocenters. The van der Waals surface area contributed by atoms with E-state index in [4.69, 9.17) is 4.74 Å². The summed E-state index contributed by atoms with van der Waals surface area (Å²) in [7, 11) is -2.17. The van der Waals surface area contributed by atoms with Crippen LogP contribution in [0.15, 0.2) is 29.2 Å². The molecule has 4 aliphatic carbocycles. The number of carbonyl (C=O) groups excluding carboxylic acids is 1. The Morgan fingerprint density at radius 3 is 2.43 bits per heavy atom. The van der Waals surface area contributed by atoms with E-state index in [2.05, 4.69) is 5.32 Å². The average molecular weight is 506 g/mol. The quantitative estimate of drug-likeness (QED) is 0.593. The minimum Gasteiger partial charge on any atom is -0.497 e. The molecule has 1 aliphatic heterocycles. The fourth-order valence-electron chi connectivity index (χ4n) is 7.41. The number of carbonyl (C=O) groups is 1. The predicted octanol–water partition coefficient (Wildman–Crippen LogP) is 3.21. The normalized spacial score (nSPS) is 34.1. The Morgan fingerprint density at radius 1 is 1.20 bits per heavy atom. The molecule has 0 spiro atoms. The monoisotopic (exact) mass is 505 g/mol. The Labute approximate surface area is 209 Å². The highest BCUT2D eigenvalue weighted by Gasteiger charge is 2.55. The lowest BCUT2D eigenvalue weighted by Crippen LogP contribution is -2.63. The number of hydrogen-bond donors (Lipinski definition) is 2. The van der Waals surface area contributed by atoms with Crippen molar-refractivity contribution < 1.29 is 23.1 Å². The fraction of sp³-hybridized carbons (Fsp3) is 0.731. The van der Waals surface area contributed by atoms with Crippen LogP contribution in [-0.2, 0) is 10.0 Å². The number of methoxy groups -OCH3 is 1. The summed E-state index contributed by atoms with van der Waals surface area (Å²) in [6.07, 6.45) is 6.33. The van der Waals surface area contributed by atoms with Crippen LogP contribution in [0.5, 0.6) is 5.75 Å². The number of amides is 2. The molecule has 1 aromatic rings. The van der Waals surface area contributed by atoms with E-state index in [-0.39, 0.29) is 35.6 Å². The highest BCUT2D eigenvalue weighted by Crippen LogP contribution is 2.55. The molecular weight excluding hydrogens is 466 g/mol. The zero-order chi connectivity index (χ0) is 25.0. The van der Waals surface area contributed by atoms with Crippen LogP contribution in [0.25, 0.3) is 0 Å².